The van der Waals surface area contributed by atoms with Gasteiger partial charge >= 0.3 is 0 Å². The van der Waals surface area contributed by atoms with Crippen LogP contribution in [0.4, 0.5) is 5.69 Å². The first kappa shape index (κ1) is 16.8. The highest BCUT2D eigenvalue weighted by molar-refractivity contribution is 8.21. The van der Waals surface area contributed by atoms with E-state index in [1.54, 1.807) is 11.8 Å². The van der Waals surface area contributed by atoms with E-state index in [0.717, 1.165) is 28.1 Å². The smallest absolute Gasteiger partial charge is 0.236 e. The molecule has 0 aliphatic carbocycles. The Hall–Kier alpha value is -1.55. The minimum absolute atomic E-state index is 0.133. The van der Waals surface area contributed by atoms with Crippen molar-refractivity contribution in [3.63, 3.8) is 0 Å². The van der Waals surface area contributed by atoms with Gasteiger partial charge in [0.2, 0.25) is 5.91 Å². The maximum atomic E-state index is 12.4. The lowest BCUT2D eigenvalue weighted by Crippen LogP contribution is -2.33. The molecule has 0 saturated carbocycles. The summed E-state index contributed by atoms with van der Waals surface area (Å²) in [5.41, 5.74) is 3.96. The lowest BCUT2D eigenvalue weighted by atomic mass is 9.86. The molecule has 118 valence electrons. The molecule has 1 aromatic rings. The Morgan fingerprint density at radius 3 is 2.50 bits per heavy atom. The zero-order valence-corrected chi connectivity index (χ0v) is 15.0. The number of carbonyl (C=O) groups is 1. The number of carbonyl (C=O) groups excluding carboxylic acids is 1. The normalized spacial score (nSPS) is 17.4. The molecule has 3 nitrogen and oxygen atoms in total. The molecule has 0 spiro atoms. The molecule has 0 aromatic heterocycles. The van der Waals surface area contributed by atoms with Crippen molar-refractivity contribution >= 4 is 33.3 Å². The summed E-state index contributed by atoms with van der Waals surface area (Å²) in [5.74, 6) is 0.133. The van der Waals surface area contributed by atoms with Crippen LogP contribution in [-0.2, 0) is 10.2 Å². The van der Waals surface area contributed by atoms with Crippen molar-refractivity contribution in [1.82, 2.24) is 0 Å². The number of fused-ring (bicyclic) bond motifs is 1. The van der Waals surface area contributed by atoms with E-state index in [1.807, 2.05) is 20.9 Å². The van der Waals surface area contributed by atoms with Crippen molar-refractivity contribution in [2.45, 2.75) is 46.5 Å². The monoisotopic (exact) mass is 316 g/mol. The zero-order chi connectivity index (χ0) is 16.7. The van der Waals surface area contributed by atoms with Crippen molar-refractivity contribution < 1.29 is 4.79 Å². The summed E-state index contributed by atoms with van der Waals surface area (Å²) in [4.78, 5) is 15.3. The summed E-state index contributed by atoms with van der Waals surface area (Å²) < 4.78 is 0. The van der Waals surface area contributed by atoms with Gasteiger partial charge in [-0.05, 0) is 51.3 Å². The van der Waals surface area contributed by atoms with Crippen molar-refractivity contribution in [3.8, 4) is 0 Å². The van der Waals surface area contributed by atoms with Crippen LogP contribution in [0.5, 0.6) is 0 Å². The fourth-order valence-corrected chi connectivity index (χ4v) is 3.70. The molecule has 0 unspecified atom stereocenters. The molecule has 1 amide bonds. The van der Waals surface area contributed by atoms with Gasteiger partial charge in [0.05, 0.1) is 10.5 Å². The van der Waals surface area contributed by atoms with Crippen molar-refractivity contribution in [3.05, 3.63) is 34.9 Å². The summed E-state index contributed by atoms with van der Waals surface area (Å²) in [6, 6.07) is 6.23. The molecule has 0 radical (unpaired) electrons. The zero-order valence-electron chi connectivity index (χ0n) is 14.2. The van der Waals surface area contributed by atoms with Crippen LogP contribution in [0, 0.1) is 5.41 Å². The third-order valence-electron chi connectivity index (χ3n) is 4.31. The number of thioether (sulfide) groups is 1. The molecule has 4 heteroatoms. The molecule has 22 heavy (non-hydrogen) atoms. The van der Waals surface area contributed by atoms with E-state index in [9.17, 15) is 4.79 Å². The van der Waals surface area contributed by atoms with Crippen molar-refractivity contribution in [1.29, 1.82) is 5.41 Å². The molecule has 1 aliphatic heterocycles. The Morgan fingerprint density at radius 1 is 1.32 bits per heavy atom. The minimum Gasteiger partial charge on any atom is -0.314 e. The van der Waals surface area contributed by atoms with Crippen molar-refractivity contribution in [2.75, 3.05) is 11.9 Å². The molecule has 1 aromatic carbocycles. The van der Waals surface area contributed by atoms with E-state index >= 15 is 0 Å². The summed E-state index contributed by atoms with van der Waals surface area (Å²) in [6.07, 6.45) is 0.951. The van der Waals surface area contributed by atoms with Gasteiger partial charge in [0.1, 0.15) is 0 Å². The van der Waals surface area contributed by atoms with Crippen LogP contribution < -0.4 is 4.90 Å². The summed E-state index contributed by atoms with van der Waals surface area (Å²) in [7, 11) is 1.84. The van der Waals surface area contributed by atoms with E-state index < -0.39 is 5.41 Å². The van der Waals surface area contributed by atoms with Crippen LogP contribution in [0.1, 0.15) is 52.2 Å². The van der Waals surface area contributed by atoms with Gasteiger partial charge in [0, 0.05) is 17.6 Å². The maximum Gasteiger partial charge on any atom is 0.236 e. The first-order valence-electron chi connectivity index (χ1n) is 7.56. The Morgan fingerprint density at radius 2 is 1.95 bits per heavy atom. The number of hydrogen-bond acceptors (Lipinski definition) is 3. The Bertz CT molecular complexity index is 674. The third kappa shape index (κ3) is 2.72. The molecule has 1 aliphatic rings. The standard InChI is InChI=1S/C18H24N2OS/c1-7-11(2)16(22-12(3)19)13-8-9-14-15(10-13)20(6)17(21)18(14,4)5/h8-10,19H,7H2,1-6H3/b16-11-,19-12?. The molecular formula is C18H24N2OS. The predicted molar refractivity (Wildman–Crippen MR) is 96.8 cm³/mol. The summed E-state index contributed by atoms with van der Waals surface area (Å²) in [6.45, 7) is 9.99. The van der Waals surface area contributed by atoms with Gasteiger partial charge in [-0.2, -0.15) is 0 Å². The van der Waals surface area contributed by atoms with E-state index in [2.05, 4.69) is 32.0 Å². The number of hydrogen-bond donors (Lipinski definition) is 1. The first-order chi connectivity index (χ1) is 10.2. The van der Waals surface area contributed by atoms with Gasteiger partial charge < -0.3 is 4.90 Å². The van der Waals surface area contributed by atoms with Crippen LogP contribution >= 0.6 is 11.8 Å². The number of rotatable bonds is 3. The van der Waals surface area contributed by atoms with E-state index in [1.165, 1.54) is 17.3 Å². The SMILES string of the molecule is CC/C(C)=C(\SC(C)=N)c1ccc2c(c1)N(C)C(=O)C2(C)C. The van der Waals surface area contributed by atoms with Crippen LogP contribution in [0.3, 0.4) is 0 Å². The van der Waals surface area contributed by atoms with Gasteiger partial charge in [-0.25, -0.2) is 0 Å². The lowest BCUT2D eigenvalue weighted by molar-refractivity contribution is -0.121. The molecule has 1 N–H and O–H groups in total. The predicted octanol–water partition coefficient (Wildman–Crippen LogP) is 4.81. The fraction of sp³-hybridized carbons (Fsp3) is 0.444. The van der Waals surface area contributed by atoms with Gasteiger partial charge in [0.15, 0.2) is 0 Å². The second-order valence-electron chi connectivity index (χ2n) is 6.34. The average Bonchev–Trinajstić information content (AvgIpc) is 2.65. The van der Waals surface area contributed by atoms with E-state index in [-0.39, 0.29) is 5.91 Å². The molecule has 0 fully saturated rings. The quantitative estimate of drug-likeness (QED) is 0.642. The molecule has 2 rings (SSSR count). The molecule has 0 saturated heterocycles. The number of anilines is 1. The summed E-state index contributed by atoms with van der Waals surface area (Å²) in [5, 5.41) is 8.37. The Labute approximate surface area is 137 Å². The number of benzene rings is 1. The largest absolute Gasteiger partial charge is 0.314 e. The van der Waals surface area contributed by atoms with Gasteiger partial charge in [0.25, 0.3) is 0 Å². The number of nitrogens with one attached hydrogen (secondary N) is 1. The minimum atomic E-state index is -0.461. The highest BCUT2D eigenvalue weighted by Gasteiger charge is 2.42. The Kier molecular flexibility index (Phi) is 4.52. The molecule has 0 atom stereocenters. The number of nitrogens with zero attached hydrogens (tertiary/aromatic N) is 1. The first-order valence-corrected chi connectivity index (χ1v) is 8.37. The highest BCUT2D eigenvalue weighted by Crippen LogP contribution is 2.43. The molecule has 0 bridgehead atoms. The van der Waals surface area contributed by atoms with Crippen molar-refractivity contribution in [2.24, 2.45) is 0 Å². The van der Waals surface area contributed by atoms with Gasteiger partial charge in [-0.15, -0.1) is 0 Å². The van der Waals surface area contributed by atoms with Gasteiger partial charge in [-0.1, -0.05) is 36.4 Å². The summed E-state index contributed by atoms with van der Waals surface area (Å²) >= 11 is 1.49. The number of allylic oxidation sites excluding steroid dienone is 1. The average molecular weight is 316 g/mol. The third-order valence-corrected chi connectivity index (χ3v) is 5.40. The Balaban J connectivity index is 2.57. The second kappa shape index (κ2) is 5.92. The lowest BCUT2D eigenvalue weighted by Gasteiger charge is -2.16. The van der Waals surface area contributed by atoms with Crippen LogP contribution in [0.2, 0.25) is 0 Å². The molecule has 1 heterocycles. The fourth-order valence-electron chi connectivity index (χ4n) is 2.83. The maximum absolute atomic E-state index is 12.4. The van der Waals surface area contributed by atoms with E-state index in [4.69, 9.17) is 5.41 Å². The van der Waals surface area contributed by atoms with Crippen LogP contribution in [0.15, 0.2) is 23.8 Å². The highest BCUT2D eigenvalue weighted by atomic mass is 32.2. The molecular weight excluding hydrogens is 292 g/mol. The second-order valence-corrected chi connectivity index (χ2v) is 7.57. The number of likely N-dealkylation sites (N-methyl/N-ethyl adjacent to an activating group) is 1. The van der Waals surface area contributed by atoms with Crippen LogP contribution in [-0.4, -0.2) is 18.0 Å². The van der Waals surface area contributed by atoms with Crippen LogP contribution in [0.25, 0.3) is 4.91 Å². The topological polar surface area (TPSA) is 44.2 Å². The van der Waals surface area contributed by atoms with Gasteiger partial charge in [-0.3, -0.25) is 10.2 Å². The van der Waals surface area contributed by atoms with E-state index in [0.29, 0.717) is 5.04 Å². The number of amides is 1.